The molecule has 7 bridgehead atoms. The number of nitrogens with zero attached hydrogens (tertiary/aromatic N) is 1. The number of benzene rings is 1. The summed E-state index contributed by atoms with van der Waals surface area (Å²) in [6, 6.07) is 8.49. The number of unbranched alkanes of at least 4 members (excludes halogenated alkanes) is 5. The Morgan fingerprint density at radius 3 is 2.25 bits per heavy atom. The smallest absolute Gasteiger partial charge is 0.338 e. The molecule has 6 fully saturated rings. The van der Waals surface area contributed by atoms with E-state index in [0.29, 0.717) is 18.6 Å². The van der Waals surface area contributed by atoms with Gasteiger partial charge >= 0.3 is 11.9 Å². The fraction of sp³-hybridized carbons (Fsp3) is 0.714. The van der Waals surface area contributed by atoms with Gasteiger partial charge in [-0.05, 0) is 82.9 Å². The van der Waals surface area contributed by atoms with Gasteiger partial charge in [0.2, 0.25) is 0 Å². The van der Waals surface area contributed by atoms with Crippen LogP contribution in [0, 0.1) is 34.5 Å². The first-order valence-electron chi connectivity index (χ1n) is 22.7. The van der Waals surface area contributed by atoms with Gasteiger partial charge in [0.15, 0.2) is 5.60 Å². The van der Waals surface area contributed by atoms with Crippen molar-refractivity contribution in [1.82, 2.24) is 4.90 Å². The molecule has 1 saturated heterocycles. The van der Waals surface area contributed by atoms with Crippen molar-refractivity contribution in [3.05, 3.63) is 72.4 Å². The number of fused-ring (bicyclic) bond motifs is 2. The number of allylic oxidation sites excluding steroid dienone is 6. The number of carbonyl (C=O) groups excluding carboxylic acids is 2. The van der Waals surface area contributed by atoms with Gasteiger partial charge in [0.25, 0.3) is 0 Å². The molecule has 5 aliphatic carbocycles. The minimum atomic E-state index is -1.78. The molecule has 1 aromatic carbocycles. The van der Waals surface area contributed by atoms with E-state index < -0.39 is 70.7 Å². The number of rotatable bonds is 21. The Morgan fingerprint density at radius 1 is 0.867 bits per heavy atom. The lowest BCUT2D eigenvalue weighted by molar-refractivity contribution is -0.317. The molecule has 0 aromatic heterocycles. The average molecular weight is 834 g/mol. The first-order chi connectivity index (χ1) is 29.1. The Labute approximate surface area is 357 Å². The summed E-state index contributed by atoms with van der Waals surface area (Å²) in [5.74, 6) is -2.86. The van der Waals surface area contributed by atoms with Crippen LogP contribution in [0.15, 0.2) is 66.8 Å². The van der Waals surface area contributed by atoms with E-state index in [1.807, 2.05) is 6.07 Å². The molecule has 1 unspecified atom stereocenters. The van der Waals surface area contributed by atoms with Crippen LogP contribution in [0.5, 0.6) is 0 Å². The zero-order valence-corrected chi connectivity index (χ0v) is 36.8. The molecule has 14 atom stereocenters. The van der Waals surface area contributed by atoms with Crippen LogP contribution in [-0.2, 0) is 33.2 Å². The third-order valence-corrected chi connectivity index (χ3v) is 15.8. The second-order valence-corrected chi connectivity index (χ2v) is 18.7. The summed E-state index contributed by atoms with van der Waals surface area (Å²) in [5.41, 5.74) is -4.02. The lowest BCUT2D eigenvalue weighted by atomic mass is 9.43. The molecule has 6 aliphatic rings. The fourth-order valence-electron chi connectivity index (χ4n) is 14.1. The molecular formula is C49H71NO10. The minimum Gasteiger partial charge on any atom is -0.455 e. The third kappa shape index (κ3) is 7.25. The molecule has 1 heterocycles. The molecule has 2 N–H and O–H groups in total. The summed E-state index contributed by atoms with van der Waals surface area (Å²) in [5, 5.41) is 26.0. The molecule has 332 valence electrons. The van der Waals surface area contributed by atoms with Crippen LogP contribution < -0.4 is 0 Å². The lowest BCUT2D eigenvalue weighted by Gasteiger charge is -2.69. The van der Waals surface area contributed by atoms with Gasteiger partial charge in [-0.2, -0.15) is 0 Å². The number of methoxy groups -OCH3 is 4. The van der Waals surface area contributed by atoms with E-state index >= 15 is 0 Å². The minimum absolute atomic E-state index is 0.119. The summed E-state index contributed by atoms with van der Waals surface area (Å²) in [7, 11) is 8.78. The number of carbonyl (C=O) groups is 2. The quantitative estimate of drug-likeness (QED) is 0.0766. The van der Waals surface area contributed by atoms with Crippen LogP contribution in [0.2, 0.25) is 0 Å². The molecular weight excluding hydrogens is 763 g/mol. The molecule has 1 spiro atoms. The van der Waals surface area contributed by atoms with Crippen LogP contribution in [0.4, 0.5) is 0 Å². The number of aliphatic hydroxyl groups is 2. The topological polar surface area (TPSA) is 133 Å². The molecule has 5 saturated carbocycles. The average Bonchev–Trinajstić information content (AvgIpc) is 3.64. The van der Waals surface area contributed by atoms with E-state index in [9.17, 15) is 19.8 Å². The SMILES string of the molecule is CC/C=C\C/C=C\C/C=C\CCCCCCCC(=O)O[C@]12[C@H]3[C@@H](OC(=O)c4ccccc4)[C@](O)(C[C@H]3[C@@]34C5[C@@H]1[C@H](OC)[C@@H]3[C@@](COC)(CC[C@@H]4OC)CN5C)[C@@H](OC)[C@@H]2O. The predicted molar refractivity (Wildman–Crippen MR) is 228 cm³/mol. The van der Waals surface area contributed by atoms with Crippen molar-refractivity contribution in [1.29, 1.82) is 0 Å². The number of hydrogen-bond donors (Lipinski definition) is 2. The lowest BCUT2D eigenvalue weighted by Crippen LogP contribution is -2.80. The predicted octanol–water partition coefficient (Wildman–Crippen LogP) is 6.86. The zero-order chi connectivity index (χ0) is 42.7. The van der Waals surface area contributed by atoms with Gasteiger partial charge in [0, 0.05) is 76.0 Å². The second-order valence-electron chi connectivity index (χ2n) is 18.7. The molecule has 0 radical (unpaired) electrons. The summed E-state index contributed by atoms with van der Waals surface area (Å²) >= 11 is 0. The van der Waals surface area contributed by atoms with Crippen LogP contribution in [0.25, 0.3) is 0 Å². The summed E-state index contributed by atoms with van der Waals surface area (Å²) < 4.78 is 38.8. The Kier molecular flexibility index (Phi) is 14.2. The Hall–Kier alpha value is -2.90. The van der Waals surface area contributed by atoms with Crippen molar-refractivity contribution >= 4 is 11.9 Å². The Morgan fingerprint density at radius 2 is 1.57 bits per heavy atom. The number of piperidine rings is 1. The number of esters is 2. The maximum absolute atomic E-state index is 14.5. The van der Waals surface area contributed by atoms with Gasteiger partial charge < -0.3 is 43.5 Å². The standard InChI is InChI=1S/C49H71NO10/c1-7-8-9-10-11-12-13-14-15-16-17-18-19-20-24-27-36(51)60-49-37-34(30-47(54,44(58-6)42(49)52)43(37)59-45(53)33-25-22-21-23-26-33)48-35(56-4)28-29-46(32-55-3)31-50(2)41(48)38(49)39(57-5)40(46)48/h8-9,11-12,14-15,21-23,25-26,34-35,37-44,52,54H,7,10,13,16-20,24,27-32H2,1-6H3/b9-8-,12-11-,15-14-/t34-,35+,37-,38+,39+,40-,41?,42+,43-,44+,46+,47-,48+,49-/m1/s1. The highest BCUT2D eigenvalue weighted by Crippen LogP contribution is 2.80. The van der Waals surface area contributed by atoms with E-state index in [1.165, 1.54) is 7.11 Å². The molecule has 11 nitrogen and oxygen atoms in total. The summed E-state index contributed by atoms with van der Waals surface area (Å²) in [6.45, 7) is 3.37. The van der Waals surface area contributed by atoms with Gasteiger partial charge in [0.05, 0.1) is 24.4 Å². The fourth-order valence-corrected chi connectivity index (χ4v) is 14.1. The molecule has 11 heteroatoms. The van der Waals surface area contributed by atoms with E-state index in [-0.39, 0.29) is 36.3 Å². The Bertz CT molecular complexity index is 1720. The molecule has 1 aliphatic heterocycles. The highest BCUT2D eigenvalue weighted by molar-refractivity contribution is 5.89. The van der Waals surface area contributed by atoms with Gasteiger partial charge in [0.1, 0.15) is 23.9 Å². The van der Waals surface area contributed by atoms with Crippen molar-refractivity contribution in [3.63, 3.8) is 0 Å². The molecule has 60 heavy (non-hydrogen) atoms. The first kappa shape index (κ1) is 45.1. The van der Waals surface area contributed by atoms with E-state index in [4.69, 9.17) is 28.4 Å². The Balaban J connectivity index is 1.17. The number of hydrogen-bond acceptors (Lipinski definition) is 11. The number of aliphatic hydroxyl groups excluding tert-OH is 1. The zero-order valence-electron chi connectivity index (χ0n) is 36.8. The molecule has 7 rings (SSSR count). The summed E-state index contributed by atoms with van der Waals surface area (Å²) in [4.78, 5) is 30.9. The van der Waals surface area contributed by atoms with E-state index in [0.717, 1.165) is 70.8 Å². The maximum atomic E-state index is 14.5. The van der Waals surface area contributed by atoms with Crippen molar-refractivity contribution in [2.24, 2.45) is 34.5 Å². The second kappa shape index (κ2) is 18.8. The van der Waals surface area contributed by atoms with Crippen molar-refractivity contribution in [3.8, 4) is 0 Å². The van der Waals surface area contributed by atoms with Crippen LogP contribution in [-0.4, -0.2) is 123 Å². The molecule has 0 amide bonds. The van der Waals surface area contributed by atoms with Crippen LogP contribution >= 0.6 is 0 Å². The van der Waals surface area contributed by atoms with Gasteiger partial charge in [-0.15, -0.1) is 0 Å². The van der Waals surface area contributed by atoms with Crippen LogP contribution in [0.3, 0.4) is 0 Å². The van der Waals surface area contributed by atoms with Crippen molar-refractivity contribution in [2.45, 2.75) is 138 Å². The van der Waals surface area contributed by atoms with Gasteiger partial charge in [-0.25, -0.2) is 4.79 Å². The van der Waals surface area contributed by atoms with Crippen molar-refractivity contribution < 1.29 is 48.2 Å². The molecule has 1 aromatic rings. The highest BCUT2D eigenvalue weighted by atomic mass is 16.6. The maximum Gasteiger partial charge on any atom is 0.338 e. The first-order valence-corrected chi connectivity index (χ1v) is 22.7. The third-order valence-electron chi connectivity index (χ3n) is 15.8. The van der Waals surface area contributed by atoms with Crippen molar-refractivity contribution in [2.75, 3.05) is 48.6 Å². The van der Waals surface area contributed by atoms with Gasteiger partial charge in [-0.1, -0.05) is 80.8 Å². The number of likely N-dealkylation sites (tertiary alicyclic amines) is 1. The monoisotopic (exact) mass is 834 g/mol. The highest BCUT2D eigenvalue weighted by Gasteiger charge is 2.91. The van der Waals surface area contributed by atoms with E-state index in [2.05, 4.69) is 55.3 Å². The summed E-state index contributed by atoms with van der Waals surface area (Å²) in [6.07, 6.45) is 19.4. The van der Waals surface area contributed by atoms with Crippen LogP contribution in [0.1, 0.15) is 101 Å². The van der Waals surface area contributed by atoms with E-state index in [1.54, 1.807) is 45.6 Å². The number of ether oxygens (including phenoxy) is 6. The largest absolute Gasteiger partial charge is 0.455 e. The van der Waals surface area contributed by atoms with Gasteiger partial charge in [-0.3, -0.25) is 4.79 Å². The normalized spacial score (nSPS) is 40.2.